The first-order valence-corrected chi connectivity index (χ1v) is 6.32. The fourth-order valence-corrected chi connectivity index (χ4v) is 2.12. The zero-order chi connectivity index (χ0) is 13.1. The van der Waals surface area contributed by atoms with Crippen molar-refractivity contribution in [2.24, 2.45) is 0 Å². The van der Waals surface area contributed by atoms with Gasteiger partial charge in [0, 0.05) is 22.3 Å². The van der Waals surface area contributed by atoms with E-state index in [1.165, 1.54) is 12.1 Å². The maximum atomic E-state index is 13.0. The van der Waals surface area contributed by atoms with Crippen LogP contribution in [0, 0.1) is 5.82 Å². The fraction of sp³-hybridized carbons (Fsp3) is 0.0769. The van der Waals surface area contributed by atoms with Crippen LogP contribution in [0.5, 0.6) is 0 Å². The lowest BCUT2D eigenvalue weighted by molar-refractivity contribution is 0.628. The molecule has 0 bridgehead atoms. The number of hydrogen-bond donors (Lipinski definition) is 1. The number of rotatable bonds is 3. The quantitative estimate of drug-likeness (QED) is 0.800. The standard InChI is InChI=1S/C13H9Cl3FN/c14-9-2-1-8(11(15)5-9)7-18-10-3-4-13(17)12(16)6-10/h1-6,18H,7H2. The van der Waals surface area contributed by atoms with Crippen molar-refractivity contribution in [1.29, 1.82) is 0 Å². The molecule has 0 saturated heterocycles. The highest BCUT2D eigenvalue weighted by molar-refractivity contribution is 6.35. The Hall–Kier alpha value is -0.960. The van der Waals surface area contributed by atoms with Gasteiger partial charge in [0.25, 0.3) is 0 Å². The topological polar surface area (TPSA) is 12.0 Å². The largest absolute Gasteiger partial charge is 0.381 e. The van der Waals surface area contributed by atoms with Gasteiger partial charge in [0.15, 0.2) is 0 Å². The minimum absolute atomic E-state index is 0.0854. The normalized spacial score (nSPS) is 10.4. The van der Waals surface area contributed by atoms with Gasteiger partial charge >= 0.3 is 0 Å². The molecule has 0 amide bonds. The Labute approximate surface area is 119 Å². The summed E-state index contributed by atoms with van der Waals surface area (Å²) in [6.07, 6.45) is 0. The predicted octanol–water partition coefficient (Wildman–Crippen LogP) is 5.40. The molecule has 0 aromatic heterocycles. The van der Waals surface area contributed by atoms with Crippen molar-refractivity contribution in [3.8, 4) is 0 Å². The van der Waals surface area contributed by atoms with Crippen LogP contribution in [0.2, 0.25) is 15.1 Å². The molecule has 2 aromatic rings. The third-order valence-electron chi connectivity index (χ3n) is 2.42. The van der Waals surface area contributed by atoms with Crippen molar-refractivity contribution < 1.29 is 4.39 Å². The van der Waals surface area contributed by atoms with Gasteiger partial charge in [-0.1, -0.05) is 40.9 Å². The molecule has 0 saturated carbocycles. The van der Waals surface area contributed by atoms with E-state index >= 15 is 0 Å². The van der Waals surface area contributed by atoms with Crippen molar-refractivity contribution >= 4 is 40.5 Å². The summed E-state index contributed by atoms with van der Waals surface area (Å²) in [5.74, 6) is -0.438. The molecule has 2 rings (SSSR count). The zero-order valence-electron chi connectivity index (χ0n) is 9.18. The molecule has 0 fully saturated rings. The Morgan fingerprint density at radius 3 is 2.39 bits per heavy atom. The van der Waals surface area contributed by atoms with Gasteiger partial charge in [0.2, 0.25) is 0 Å². The molecular formula is C13H9Cl3FN. The third kappa shape index (κ3) is 3.29. The Morgan fingerprint density at radius 1 is 0.944 bits per heavy atom. The molecule has 1 N–H and O–H groups in total. The molecule has 0 aliphatic heterocycles. The van der Waals surface area contributed by atoms with Gasteiger partial charge in [0.05, 0.1) is 5.02 Å². The van der Waals surface area contributed by atoms with Gasteiger partial charge in [-0.2, -0.15) is 0 Å². The van der Waals surface area contributed by atoms with Crippen LogP contribution in [-0.4, -0.2) is 0 Å². The Balaban J connectivity index is 2.09. The maximum Gasteiger partial charge on any atom is 0.141 e. The predicted molar refractivity (Wildman–Crippen MR) is 75.2 cm³/mol. The van der Waals surface area contributed by atoms with Gasteiger partial charge in [-0.25, -0.2) is 4.39 Å². The van der Waals surface area contributed by atoms with E-state index in [2.05, 4.69) is 5.32 Å². The van der Waals surface area contributed by atoms with E-state index in [-0.39, 0.29) is 5.02 Å². The first-order chi connectivity index (χ1) is 8.56. The Kier molecular flexibility index (Phi) is 4.33. The first-order valence-electron chi connectivity index (χ1n) is 5.19. The van der Waals surface area contributed by atoms with E-state index in [0.717, 1.165) is 11.3 Å². The fourth-order valence-electron chi connectivity index (χ4n) is 1.47. The summed E-state index contributed by atoms with van der Waals surface area (Å²) in [6.45, 7) is 0.512. The van der Waals surface area contributed by atoms with Crippen LogP contribution in [-0.2, 0) is 6.54 Å². The van der Waals surface area contributed by atoms with E-state index in [1.54, 1.807) is 18.2 Å². The van der Waals surface area contributed by atoms with Crippen LogP contribution in [0.15, 0.2) is 36.4 Å². The van der Waals surface area contributed by atoms with Crippen LogP contribution in [0.25, 0.3) is 0 Å². The van der Waals surface area contributed by atoms with Crippen LogP contribution < -0.4 is 5.32 Å². The van der Waals surface area contributed by atoms with E-state index < -0.39 is 5.82 Å². The number of nitrogens with one attached hydrogen (secondary N) is 1. The summed E-state index contributed by atoms with van der Waals surface area (Å²) in [6, 6.07) is 9.74. The number of benzene rings is 2. The lowest BCUT2D eigenvalue weighted by Crippen LogP contribution is -2.00. The summed E-state index contributed by atoms with van der Waals surface area (Å²) in [5, 5.41) is 4.37. The molecule has 18 heavy (non-hydrogen) atoms. The van der Waals surface area contributed by atoms with E-state index in [9.17, 15) is 4.39 Å². The molecule has 0 unspecified atom stereocenters. The molecule has 0 atom stereocenters. The maximum absolute atomic E-state index is 13.0. The molecular weight excluding hydrogens is 296 g/mol. The molecule has 0 aliphatic rings. The van der Waals surface area contributed by atoms with Crippen LogP contribution in [0.4, 0.5) is 10.1 Å². The number of halogens is 4. The zero-order valence-corrected chi connectivity index (χ0v) is 11.5. The van der Waals surface area contributed by atoms with Gasteiger partial charge in [0.1, 0.15) is 5.82 Å². The summed E-state index contributed by atoms with van der Waals surface area (Å²) in [4.78, 5) is 0. The van der Waals surface area contributed by atoms with Crippen LogP contribution in [0.3, 0.4) is 0 Å². The van der Waals surface area contributed by atoms with Crippen LogP contribution in [0.1, 0.15) is 5.56 Å². The lowest BCUT2D eigenvalue weighted by atomic mass is 10.2. The monoisotopic (exact) mass is 303 g/mol. The minimum atomic E-state index is -0.438. The Morgan fingerprint density at radius 2 is 1.72 bits per heavy atom. The third-order valence-corrected chi connectivity index (χ3v) is 3.29. The highest BCUT2D eigenvalue weighted by Gasteiger charge is 2.03. The highest BCUT2D eigenvalue weighted by Crippen LogP contribution is 2.23. The average molecular weight is 305 g/mol. The van der Waals surface area contributed by atoms with Crippen molar-refractivity contribution in [1.82, 2.24) is 0 Å². The molecule has 94 valence electrons. The summed E-state index contributed by atoms with van der Waals surface area (Å²) >= 11 is 17.5. The average Bonchev–Trinajstić information content (AvgIpc) is 2.32. The van der Waals surface area contributed by atoms with Crippen molar-refractivity contribution in [3.05, 3.63) is 62.8 Å². The van der Waals surface area contributed by atoms with E-state index in [0.29, 0.717) is 16.6 Å². The molecule has 2 aromatic carbocycles. The van der Waals surface area contributed by atoms with Gasteiger partial charge in [-0.05, 0) is 35.9 Å². The second kappa shape index (κ2) is 5.79. The minimum Gasteiger partial charge on any atom is -0.381 e. The lowest BCUT2D eigenvalue weighted by Gasteiger charge is -2.09. The first kappa shape index (κ1) is 13.5. The van der Waals surface area contributed by atoms with Gasteiger partial charge < -0.3 is 5.32 Å². The van der Waals surface area contributed by atoms with Crippen molar-refractivity contribution in [2.75, 3.05) is 5.32 Å². The molecule has 0 aliphatic carbocycles. The summed E-state index contributed by atoms with van der Waals surface area (Å²) in [5.41, 5.74) is 1.63. The summed E-state index contributed by atoms with van der Waals surface area (Å²) in [7, 11) is 0. The van der Waals surface area contributed by atoms with Gasteiger partial charge in [-0.3, -0.25) is 0 Å². The summed E-state index contributed by atoms with van der Waals surface area (Å²) < 4.78 is 13.0. The second-order valence-corrected chi connectivity index (χ2v) is 4.97. The second-order valence-electron chi connectivity index (χ2n) is 3.72. The number of anilines is 1. The Bertz CT molecular complexity index is 572. The molecule has 5 heteroatoms. The van der Waals surface area contributed by atoms with E-state index in [4.69, 9.17) is 34.8 Å². The number of hydrogen-bond acceptors (Lipinski definition) is 1. The van der Waals surface area contributed by atoms with E-state index in [1.807, 2.05) is 6.07 Å². The van der Waals surface area contributed by atoms with Crippen molar-refractivity contribution in [2.45, 2.75) is 6.54 Å². The molecule has 0 radical (unpaired) electrons. The SMILES string of the molecule is Fc1ccc(NCc2ccc(Cl)cc2Cl)cc1Cl. The van der Waals surface area contributed by atoms with Crippen molar-refractivity contribution in [3.63, 3.8) is 0 Å². The molecule has 0 spiro atoms. The smallest absolute Gasteiger partial charge is 0.141 e. The molecule has 0 heterocycles. The van der Waals surface area contributed by atoms with Crippen LogP contribution >= 0.6 is 34.8 Å². The molecule has 1 nitrogen and oxygen atoms in total. The van der Waals surface area contributed by atoms with Gasteiger partial charge in [-0.15, -0.1) is 0 Å². The highest BCUT2D eigenvalue weighted by atomic mass is 35.5.